The smallest absolute Gasteiger partial charge is 0.411 e. The number of ketones is 1. The zero-order chi connectivity index (χ0) is 30.3. The number of hydrogen-bond acceptors (Lipinski definition) is 8. The fourth-order valence-electron chi connectivity index (χ4n) is 3.83. The highest BCUT2D eigenvalue weighted by atomic mass is 35.5. The molecule has 2 atom stereocenters. The summed E-state index contributed by atoms with van der Waals surface area (Å²) in [5, 5.41) is 11.0. The van der Waals surface area contributed by atoms with Crippen molar-refractivity contribution in [2.24, 2.45) is 5.92 Å². The third kappa shape index (κ3) is 11.0. The Morgan fingerprint density at radius 1 is 1.17 bits per heavy atom. The molecule has 1 amide bonds. The first-order valence-corrected chi connectivity index (χ1v) is 14.9. The molecule has 0 spiro atoms. The number of amides is 1. The van der Waals surface area contributed by atoms with E-state index in [0.717, 1.165) is 18.6 Å². The number of aromatic amines is 1. The fourth-order valence-corrected chi connectivity index (χ4v) is 5.49. The van der Waals surface area contributed by atoms with Crippen LogP contribution in [-0.2, 0) is 16.0 Å². The molecule has 0 radical (unpaired) electrons. The molecule has 1 aromatic heterocycles. The molecule has 1 saturated heterocycles. The lowest BCUT2D eigenvalue weighted by molar-refractivity contribution is -0.377. The first-order valence-electron chi connectivity index (χ1n) is 13.1. The van der Waals surface area contributed by atoms with Crippen LogP contribution in [0.3, 0.4) is 0 Å². The lowest BCUT2D eigenvalue weighted by Crippen LogP contribution is -2.41. The Morgan fingerprint density at radius 3 is 2.36 bits per heavy atom. The summed E-state index contributed by atoms with van der Waals surface area (Å²) in [7, 11) is 0. The second kappa shape index (κ2) is 15.9. The zero-order valence-electron chi connectivity index (χ0n) is 23.7. The first kappa shape index (κ1) is 35.8. The van der Waals surface area contributed by atoms with E-state index in [1.165, 1.54) is 41.8 Å². The van der Waals surface area contributed by atoms with Gasteiger partial charge < -0.3 is 24.8 Å². The molecule has 14 heteroatoms. The van der Waals surface area contributed by atoms with Gasteiger partial charge in [-0.2, -0.15) is 8.78 Å². The van der Waals surface area contributed by atoms with Crippen LogP contribution < -0.4 is 14.5 Å². The van der Waals surface area contributed by atoms with Crippen molar-refractivity contribution in [2.45, 2.75) is 70.6 Å². The van der Waals surface area contributed by atoms with Crippen molar-refractivity contribution >= 4 is 46.8 Å². The molecule has 234 valence electrons. The maximum absolute atomic E-state index is 12.6. The zero-order valence-corrected chi connectivity index (χ0v) is 26.1. The topological polar surface area (TPSA) is 129 Å². The summed E-state index contributed by atoms with van der Waals surface area (Å²) in [5.74, 6) is 1.38. The third-order valence-electron chi connectivity index (χ3n) is 6.00. The molecule has 0 unspecified atom stereocenters. The van der Waals surface area contributed by atoms with Gasteiger partial charge in [-0.1, -0.05) is 29.3 Å². The third-order valence-corrected chi connectivity index (χ3v) is 8.00. The van der Waals surface area contributed by atoms with Crippen molar-refractivity contribution in [3.63, 3.8) is 0 Å². The van der Waals surface area contributed by atoms with Gasteiger partial charge in [0.1, 0.15) is 21.0 Å². The standard InChI is InChI=1S/C18H17Cl2F2NO3.C10H17NO3S.H2O/c19-13-7-23-8-14(20)12(13)6-15(24)11-3-4-16(26-18(21)22)17(5-11)25-9-10-1-2-10;1-7(12)8-11(5-6-15-8)9(13)14-10(2,3)4;/h3-5,7-8,10,15,18,24H,1-2,6,9H2;8H,5-6H2,1-4H3;1H2/t15-;8-;/m00./s1. The SMILES string of the molecule is CC(=O)[C@@H]1SCCN1C(=O)OC(C)(C)C.O[C@@H](Cc1c(Cl)c[nH+]cc1Cl)c1ccc(OC(F)F)c(OCC2CC2)c1.[OH-]. The van der Waals surface area contributed by atoms with Crippen molar-refractivity contribution in [3.05, 3.63) is 51.8 Å². The number of pyridine rings is 1. The van der Waals surface area contributed by atoms with Gasteiger partial charge in [-0.3, -0.25) is 9.69 Å². The molecule has 42 heavy (non-hydrogen) atoms. The van der Waals surface area contributed by atoms with E-state index >= 15 is 0 Å². The Bertz CT molecular complexity index is 1200. The second-order valence-electron chi connectivity index (χ2n) is 10.7. The number of aliphatic hydroxyl groups is 1. The number of aromatic nitrogens is 1. The van der Waals surface area contributed by atoms with Gasteiger partial charge in [0.2, 0.25) is 0 Å². The predicted molar refractivity (Wildman–Crippen MR) is 155 cm³/mol. The lowest BCUT2D eigenvalue weighted by atomic mass is 10.0. The van der Waals surface area contributed by atoms with Crippen LogP contribution >= 0.6 is 35.0 Å². The Morgan fingerprint density at radius 2 is 1.81 bits per heavy atom. The van der Waals surface area contributed by atoms with Crippen LogP contribution in [0.1, 0.15) is 57.8 Å². The van der Waals surface area contributed by atoms with Crippen LogP contribution in [0, 0.1) is 5.92 Å². The summed E-state index contributed by atoms with van der Waals surface area (Å²) < 4.78 is 40.5. The quantitative estimate of drug-likeness (QED) is 0.340. The number of benzene rings is 1. The minimum atomic E-state index is -2.95. The highest BCUT2D eigenvalue weighted by Gasteiger charge is 2.35. The van der Waals surface area contributed by atoms with Gasteiger partial charge >= 0.3 is 12.7 Å². The second-order valence-corrected chi connectivity index (χ2v) is 12.7. The number of nitrogens with zero attached hydrogens (tertiary/aromatic N) is 1. The summed E-state index contributed by atoms with van der Waals surface area (Å²) in [6.07, 6.45) is 4.11. The molecule has 2 fully saturated rings. The Kier molecular flexibility index (Phi) is 13.6. The molecular weight excluding hydrogens is 617 g/mol. The van der Waals surface area contributed by atoms with Crippen LogP contribution in [0.5, 0.6) is 11.5 Å². The van der Waals surface area contributed by atoms with Gasteiger partial charge in [0, 0.05) is 24.3 Å². The van der Waals surface area contributed by atoms with E-state index in [1.807, 2.05) is 20.8 Å². The maximum Gasteiger partial charge on any atom is 0.411 e. The molecule has 2 heterocycles. The molecule has 4 rings (SSSR count). The monoisotopic (exact) mass is 652 g/mol. The summed E-state index contributed by atoms with van der Waals surface area (Å²) in [6, 6.07) is 4.40. The van der Waals surface area contributed by atoms with Crippen LogP contribution in [0.15, 0.2) is 30.6 Å². The molecule has 3 N–H and O–H groups in total. The molecule has 2 aliphatic rings. The number of rotatable bonds is 9. The normalized spacial score (nSPS) is 17.1. The molecule has 9 nitrogen and oxygen atoms in total. The van der Waals surface area contributed by atoms with Crippen molar-refractivity contribution in [2.75, 3.05) is 18.9 Å². The van der Waals surface area contributed by atoms with Crippen LogP contribution in [0.25, 0.3) is 0 Å². The summed E-state index contributed by atoms with van der Waals surface area (Å²) in [5.41, 5.74) is 0.580. The van der Waals surface area contributed by atoms with Crippen LogP contribution in [0.2, 0.25) is 10.0 Å². The van der Waals surface area contributed by atoms with Crippen LogP contribution in [-0.4, -0.2) is 63.9 Å². The number of Topliss-reactive ketones (excluding diaryl/α,β-unsaturated/α-hetero) is 1. The molecule has 1 saturated carbocycles. The number of carbonyl (C=O) groups is 2. The van der Waals surface area contributed by atoms with Gasteiger partial charge in [0.05, 0.1) is 12.7 Å². The molecule has 0 bridgehead atoms. The van der Waals surface area contributed by atoms with Crippen LogP contribution in [0.4, 0.5) is 13.6 Å². The molecular formula is C28H36Cl2F2N2O7S. The fraction of sp³-hybridized carbons (Fsp3) is 0.536. The Hall–Kier alpha value is -2.38. The van der Waals surface area contributed by atoms with E-state index in [9.17, 15) is 23.5 Å². The summed E-state index contributed by atoms with van der Waals surface area (Å²) in [6.45, 7) is 5.02. The minimum Gasteiger partial charge on any atom is -0.870 e. The van der Waals surface area contributed by atoms with Gasteiger partial charge in [0.25, 0.3) is 0 Å². The van der Waals surface area contributed by atoms with Gasteiger partial charge in [-0.15, -0.1) is 11.8 Å². The average Bonchev–Trinajstić information content (AvgIpc) is 3.56. The van der Waals surface area contributed by atoms with E-state index in [1.54, 1.807) is 12.4 Å². The number of thioether (sulfide) groups is 1. The molecule has 2 aromatic rings. The lowest BCUT2D eigenvalue weighted by Gasteiger charge is -2.26. The number of nitrogens with one attached hydrogen (secondary N) is 1. The minimum absolute atomic E-state index is 0. The van der Waals surface area contributed by atoms with Crippen molar-refractivity contribution < 1.29 is 48.1 Å². The average molecular weight is 654 g/mol. The number of hydrogen-bond donors (Lipinski definition) is 1. The highest BCUT2D eigenvalue weighted by Crippen LogP contribution is 2.36. The van der Waals surface area contributed by atoms with Gasteiger partial charge in [0.15, 0.2) is 29.7 Å². The Labute approximate surface area is 258 Å². The molecule has 1 aromatic carbocycles. The molecule has 1 aliphatic heterocycles. The Balaban J connectivity index is 0.000000330. The summed E-state index contributed by atoms with van der Waals surface area (Å²) >= 11 is 13.7. The largest absolute Gasteiger partial charge is 0.870 e. The number of alkyl halides is 2. The number of aliphatic hydroxyl groups excluding tert-OH is 1. The van der Waals surface area contributed by atoms with Crippen molar-refractivity contribution in [1.82, 2.24) is 4.90 Å². The number of H-pyrrole nitrogens is 1. The van der Waals surface area contributed by atoms with E-state index in [4.69, 9.17) is 32.7 Å². The first-order chi connectivity index (χ1) is 19.2. The highest BCUT2D eigenvalue weighted by molar-refractivity contribution is 8.00. The maximum atomic E-state index is 12.6. The number of carbonyl (C=O) groups excluding carboxylic acids is 2. The summed E-state index contributed by atoms with van der Waals surface area (Å²) in [4.78, 5) is 27.3. The van der Waals surface area contributed by atoms with E-state index < -0.39 is 24.4 Å². The number of halogens is 4. The van der Waals surface area contributed by atoms with Crippen molar-refractivity contribution in [1.29, 1.82) is 0 Å². The predicted octanol–water partition coefficient (Wildman–Crippen LogP) is 6.18. The van der Waals surface area contributed by atoms with Crippen molar-refractivity contribution in [3.8, 4) is 11.5 Å². The van der Waals surface area contributed by atoms with E-state index in [-0.39, 0.29) is 34.6 Å². The van der Waals surface area contributed by atoms with E-state index in [0.29, 0.717) is 40.2 Å². The number of ether oxygens (including phenoxy) is 3. The molecule has 1 aliphatic carbocycles. The van der Waals surface area contributed by atoms with Gasteiger partial charge in [-0.05, 0) is 64.2 Å². The van der Waals surface area contributed by atoms with E-state index in [2.05, 4.69) is 9.72 Å². The van der Waals surface area contributed by atoms with Gasteiger partial charge in [-0.25, -0.2) is 9.78 Å².